The molecule has 2 N–H and O–H groups in total. The smallest absolute Gasteiger partial charge is 0.191 e. The molecule has 0 aromatic carbocycles. The first-order chi connectivity index (χ1) is 10.0. The fourth-order valence-electron chi connectivity index (χ4n) is 1.88. The predicted octanol–water partition coefficient (Wildman–Crippen LogP) is 3.61. The molecule has 1 aromatic heterocycles. The third kappa shape index (κ3) is 7.90. The quantitative estimate of drug-likeness (QED) is 0.459. The van der Waals surface area contributed by atoms with Crippen LogP contribution in [0.25, 0.3) is 0 Å². The second-order valence-electron chi connectivity index (χ2n) is 5.70. The Morgan fingerprint density at radius 3 is 2.62 bits per heavy atom. The van der Waals surface area contributed by atoms with Gasteiger partial charge >= 0.3 is 0 Å². The Bertz CT molecular complexity index is 428. The second kappa shape index (κ2) is 9.61. The third-order valence-electron chi connectivity index (χ3n) is 3.11. The number of nitrogens with one attached hydrogen (secondary N) is 2. The molecule has 1 atom stereocenters. The average Bonchev–Trinajstić information content (AvgIpc) is 2.44. The third-order valence-corrected chi connectivity index (χ3v) is 3.34. The molecule has 118 valence electrons. The Balaban J connectivity index is 2.54. The fourth-order valence-corrected chi connectivity index (χ4v) is 1.99. The maximum atomic E-state index is 5.78. The molecule has 0 bridgehead atoms. The van der Waals surface area contributed by atoms with Gasteiger partial charge in [-0.2, -0.15) is 0 Å². The van der Waals surface area contributed by atoms with Crippen LogP contribution < -0.4 is 10.6 Å². The van der Waals surface area contributed by atoms with Gasteiger partial charge in [-0.1, -0.05) is 31.5 Å². The molecule has 0 spiro atoms. The van der Waals surface area contributed by atoms with E-state index >= 15 is 0 Å². The van der Waals surface area contributed by atoms with Gasteiger partial charge in [0, 0.05) is 18.8 Å². The zero-order valence-electron chi connectivity index (χ0n) is 13.5. The average molecular weight is 311 g/mol. The number of pyridine rings is 1. The van der Waals surface area contributed by atoms with Gasteiger partial charge in [-0.15, -0.1) is 0 Å². The number of aromatic nitrogens is 1. The van der Waals surface area contributed by atoms with Gasteiger partial charge in [-0.05, 0) is 44.2 Å². The summed E-state index contributed by atoms with van der Waals surface area (Å²) in [7, 11) is 0. The van der Waals surface area contributed by atoms with E-state index in [2.05, 4.69) is 48.3 Å². The van der Waals surface area contributed by atoms with Crippen LogP contribution >= 0.6 is 11.6 Å². The van der Waals surface area contributed by atoms with Crippen molar-refractivity contribution in [2.45, 2.75) is 53.1 Å². The molecule has 1 rings (SSSR count). The van der Waals surface area contributed by atoms with Gasteiger partial charge in [0.2, 0.25) is 0 Å². The molecule has 0 amide bonds. The van der Waals surface area contributed by atoms with Crippen molar-refractivity contribution in [3.8, 4) is 0 Å². The Kier molecular flexibility index (Phi) is 8.13. The van der Waals surface area contributed by atoms with E-state index < -0.39 is 0 Å². The number of halogens is 1. The van der Waals surface area contributed by atoms with Gasteiger partial charge in [-0.3, -0.25) is 0 Å². The lowest BCUT2D eigenvalue weighted by Gasteiger charge is -2.18. The summed E-state index contributed by atoms with van der Waals surface area (Å²) in [4.78, 5) is 8.66. The molecule has 0 saturated carbocycles. The van der Waals surface area contributed by atoms with E-state index in [0.29, 0.717) is 17.7 Å². The van der Waals surface area contributed by atoms with Crippen LogP contribution in [0, 0.1) is 5.92 Å². The van der Waals surface area contributed by atoms with Crippen LogP contribution in [0.4, 0.5) is 0 Å². The Morgan fingerprint density at radius 2 is 2.05 bits per heavy atom. The Labute approximate surface area is 133 Å². The van der Waals surface area contributed by atoms with E-state index in [-0.39, 0.29) is 0 Å². The van der Waals surface area contributed by atoms with Gasteiger partial charge in [0.1, 0.15) is 5.15 Å². The largest absolute Gasteiger partial charge is 0.357 e. The van der Waals surface area contributed by atoms with Gasteiger partial charge in [0.15, 0.2) is 5.96 Å². The molecule has 0 radical (unpaired) electrons. The molecule has 0 aliphatic carbocycles. The fraction of sp³-hybridized carbons (Fsp3) is 0.625. The number of nitrogens with zero attached hydrogens (tertiary/aromatic N) is 2. The predicted molar refractivity (Wildman–Crippen MR) is 90.7 cm³/mol. The van der Waals surface area contributed by atoms with Crippen LogP contribution in [0.2, 0.25) is 5.15 Å². The van der Waals surface area contributed by atoms with Gasteiger partial charge in [0.05, 0.1) is 6.54 Å². The zero-order valence-corrected chi connectivity index (χ0v) is 14.2. The SMILES string of the molecule is CCNC(=NCc1ccc(Cl)nc1)NC(C)CCC(C)C. The molecule has 5 heteroatoms. The molecule has 21 heavy (non-hydrogen) atoms. The van der Waals surface area contributed by atoms with Crippen molar-refractivity contribution < 1.29 is 0 Å². The molecular weight excluding hydrogens is 284 g/mol. The normalized spacial score (nSPS) is 13.3. The van der Waals surface area contributed by atoms with Gasteiger partial charge < -0.3 is 10.6 Å². The molecule has 4 nitrogen and oxygen atoms in total. The van der Waals surface area contributed by atoms with Crippen molar-refractivity contribution in [3.63, 3.8) is 0 Å². The summed E-state index contributed by atoms with van der Waals surface area (Å²) in [5, 5.41) is 7.23. The van der Waals surface area contributed by atoms with Crippen molar-refractivity contribution in [1.29, 1.82) is 0 Å². The summed E-state index contributed by atoms with van der Waals surface area (Å²) in [6, 6.07) is 4.15. The summed E-state index contributed by atoms with van der Waals surface area (Å²) in [6.07, 6.45) is 4.12. The minimum atomic E-state index is 0.411. The lowest BCUT2D eigenvalue weighted by Crippen LogP contribution is -2.42. The molecule has 1 unspecified atom stereocenters. The summed E-state index contributed by atoms with van der Waals surface area (Å²) in [6.45, 7) is 10.2. The minimum Gasteiger partial charge on any atom is -0.357 e. The Morgan fingerprint density at radius 1 is 1.29 bits per heavy atom. The maximum Gasteiger partial charge on any atom is 0.191 e. The highest BCUT2D eigenvalue weighted by molar-refractivity contribution is 6.29. The molecule has 0 fully saturated rings. The maximum absolute atomic E-state index is 5.78. The van der Waals surface area contributed by atoms with Gasteiger partial charge in [0.25, 0.3) is 0 Å². The van der Waals surface area contributed by atoms with E-state index in [1.165, 1.54) is 6.42 Å². The molecule has 0 saturated heterocycles. The van der Waals surface area contributed by atoms with Crippen molar-refractivity contribution in [2.75, 3.05) is 6.54 Å². The van der Waals surface area contributed by atoms with E-state index in [1.54, 1.807) is 12.3 Å². The van der Waals surface area contributed by atoms with E-state index in [0.717, 1.165) is 30.4 Å². The molecule has 1 heterocycles. The zero-order chi connectivity index (χ0) is 15.7. The van der Waals surface area contributed by atoms with E-state index in [9.17, 15) is 0 Å². The van der Waals surface area contributed by atoms with Crippen molar-refractivity contribution >= 4 is 17.6 Å². The van der Waals surface area contributed by atoms with Crippen LogP contribution in [-0.4, -0.2) is 23.5 Å². The van der Waals surface area contributed by atoms with Gasteiger partial charge in [-0.25, -0.2) is 9.98 Å². The summed E-state index contributed by atoms with van der Waals surface area (Å²) in [5.41, 5.74) is 1.05. The lowest BCUT2D eigenvalue weighted by atomic mass is 10.0. The highest BCUT2D eigenvalue weighted by Crippen LogP contribution is 2.07. The van der Waals surface area contributed by atoms with Crippen LogP contribution in [0.5, 0.6) is 0 Å². The molecular formula is C16H27ClN4. The summed E-state index contributed by atoms with van der Waals surface area (Å²) < 4.78 is 0. The second-order valence-corrected chi connectivity index (χ2v) is 6.09. The van der Waals surface area contributed by atoms with E-state index in [1.807, 2.05) is 6.07 Å². The van der Waals surface area contributed by atoms with Crippen molar-refractivity contribution in [2.24, 2.45) is 10.9 Å². The number of guanidine groups is 1. The van der Waals surface area contributed by atoms with Crippen molar-refractivity contribution in [1.82, 2.24) is 15.6 Å². The van der Waals surface area contributed by atoms with Crippen LogP contribution in [0.1, 0.15) is 46.1 Å². The first kappa shape index (κ1) is 17.8. The van der Waals surface area contributed by atoms with Crippen LogP contribution in [-0.2, 0) is 6.54 Å². The van der Waals surface area contributed by atoms with Crippen molar-refractivity contribution in [3.05, 3.63) is 29.0 Å². The van der Waals surface area contributed by atoms with E-state index in [4.69, 9.17) is 11.6 Å². The monoisotopic (exact) mass is 310 g/mol. The standard InChI is InChI=1S/C16H27ClN4/c1-5-18-16(21-13(4)7-6-12(2)3)20-11-14-8-9-15(17)19-10-14/h8-10,12-13H,5-7,11H2,1-4H3,(H2,18,20,21). The first-order valence-electron chi connectivity index (χ1n) is 7.66. The molecule has 0 aliphatic heterocycles. The number of rotatable bonds is 7. The van der Waals surface area contributed by atoms with Crippen LogP contribution in [0.15, 0.2) is 23.3 Å². The topological polar surface area (TPSA) is 49.3 Å². The number of aliphatic imine (C=N–C) groups is 1. The molecule has 0 aliphatic rings. The number of hydrogen-bond donors (Lipinski definition) is 2. The highest BCUT2D eigenvalue weighted by atomic mass is 35.5. The number of hydrogen-bond acceptors (Lipinski definition) is 2. The molecule has 1 aromatic rings. The lowest BCUT2D eigenvalue weighted by molar-refractivity contribution is 0.489. The summed E-state index contributed by atoms with van der Waals surface area (Å²) >= 11 is 5.78. The highest BCUT2D eigenvalue weighted by Gasteiger charge is 2.06. The minimum absolute atomic E-state index is 0.411. The summed E-state index contributed by atoms with van der Waals surface area (Å²) in [5.74, 6) is 1.58. The van der Waals surface area contributed by atoms with Crippen LogP contribution in [0.3, 0.4) is 0 Å². The first-order valence-corrected chi connectivity index (χ1v) is 8.04. The Hall–Kier alpha value is -1.29.